The fraction of sp³-hybridized carbons (Fsp3) is 0.292. The van der Waals surface area contributed by atoms with E-state index in [0.29, 0.717) is 25.5 Å². The Balaban J connectivity index is 1.30. The molecular weight excluding hydrogens is 408 g/mol. The van der Waals surface area contributed by atoms with Crippen molar-refractivity contribution in [3.8, 4) is 11.3 Å². The number of carbonyl (C=O) groups excluding carboxylic acids is 2. The minimum atomic E-state index is -0.459. The molecule has 1 fully saturated rings. The molecule has 1 aromatic heterocycles. The SMILES string of the molecule is O=C(CNC(=O)c1cc(-c2ccccc2)on1)NCC(c1ccccc1)N1CCOCC1. The Hall–Kier alpha value is -3.49. The molecule has 0 spiro atoms. The molecule has 1 aliphatic heterocycles. The summed E-state index contributed by atoms with van der Waals surface area (Å²) in [7, 11) is 0. The van der Waals surface area contributed by atoms with Gasteiger partial charge in [-0.2, -0.15) is 0 Å². The minimum Gasteiger partial charge on any atom is -0.379 e. The van der Waals surface area contributed by atoms with Crippen molar-refractivity contribution in [3.63, 3.8) is 0 Å². The Bertz CT molecular complexity index is 1020. The first-order valence-electron chi connectivity index (χ1n) is 10.6. The number of aromatic nitrogens is 1. The van der Waals surface area contributed by atoms with Gasteiger partial charge in [0.25, 0.3) is 5.91 Å². The molecule has 2 amide bonds. The van der Waals surface area contributed by atoms with Gasteiger partial charge in [-0.3, -0.25) is 14.5 Å². The van der Waals surface area contributed by atoms with Crippen LogP contribution in [0.3, 0.4) is 0 Å². The van der Waals surface area contributed by atoms with Gasteiger partial charge in [-0.05, 0) is 5.56 Å². The fourth-order valence-corrected chi connectivity index (χ4v) is 3.67. The van der Waals surface area contributed by atoms with E-state index >= 15 is 0 Å². The molecule has 1 saturated heterocycles. The quantitative estimate of drug-likeness (QED) is 0.565. The maximum atomic E-state index is 12.4. The van der Waals surface area contributed by atoms with Crippen LogP contribution in [0.25, 0.3) is 11.3 Å². The molecule has 32 heavy (non-hydrogen) atoms. The monoisotopic (exact) mass is 434 g/mol. The van der Waals surface area contributed by atoms with E-state index in [1.54, 1.807) is 6.07 Å². The van der Waals surface area contributed by atoms with Crippen molar-refractivity contribution in [1.82, 2.24) is 20.7 Å². The fourth-order valence-electron chi connectivity index (χ4n) is 3.67. The summed E-state index contributed by atoms with van der Waals surface area (Å²) in [5.41, 5.74) is 2.09. The zero-order valence-corrected chi connectivity index (χ0v) is 17.7. The number of hydrogen-bond donors (Lipinski definition) is 2. The highest BCUT2D eigenvalue weighted by molar-refractivity contribution is 5.95. The Labute approximate surface area is 186 Å². The molecule has 166 valence electrons. The van der Waals surface area contributed by atoms with Crippen LogP contribution in [0.15, 0.2) is 71.3 Å². The summed E-state index contributed by atoms with van der Waals surface area (Å²) in [6.45, 7) is 3.27. The van der Waals surface area contributed by atoms with Crippen LogP contribution in [0.5, 0.6) is 0 Å². The van der Waals surface area contributed by atoms with Crippen LogP contribution < -0.4 is 10.6 Å². The first-order valence-corrected chi connectivity index (χ1v) is 10.6. The van der Waals surface area contributed by atoms with Crippen molar-refractivity contribution < 1.29 is 18.8 Å². The number of morpholine rings is 1. The maximum absolute atomic E-state index is 12.4. The lowest BCUT2D eigenvalue weighted by atomic mass is 10.0. The summed E-state index contributed by atoms with van der Waals surface area (Å²) >= 11 is 0. The van der Waals surface area contributed by atoms with Gasteiger partial charge >= 0.3 is 0 Å². The van der Waals surface area contributed by atoms with Crippen molar-refractivity contribution in [2.45, 2.75) is 6.04 Å². The molecular formula is C24H26N4O4. The van der Waals surface area contributed by atoms with E-state index < -0.39 is 5.91 Å². The second-order valence-electron chi connectivity index (χ2n) is 7.50. The summed E-state index contributed by atoms with van der Waals surface area (Å²) < 4.78 is 10.7. The average molecular weight is 434 g/mol. The molecule has 1 atom stereocenters. The molecule has 8 heteroatoms. The summed E-state index contributed by atoms with van der Waals surface area (Å²) in [6, 6.07) is 21.1. The van der Waals surface area contributed by atoms with E-state index in [1.165, 1.54) is 0 Å². The van der Waals surface area contributed by atoms with Crippen LogP contribution in [-0.4, -0.2) is 61.3 Å². The third-order valence-electron chi connectivity index (χ3n) is 5.37. The highest BCUT2D eigenvalue weighted by Crippen LogP contribution is 2.21. The van der Waals surface area contributed by atoms with Crippen LogP contribution in [0.2, 0.25) is 0 Å². The molecule has 0 saturated carbocycles. The van der Waals surface area contributed by atoms with Crippen LogP contribution in [0.4, 0.5) is 0 Å². The summed E-state index contributed by atoms with van der Waals surface area (Å²) in [5.74, 6) is -0.227. The molecule has 2 heterocycles. The minimum absolute atomic E-state index is 0.0451. The third-order valence-corrected chi connectivity index (χ3v) is 5.37. The molecule has 2 aromatic carbocycles. The first kappa shape index (κ1) is 21.7. The van der Waals surface area contributed by atoms with Crippen molar-refractivity contribution in [2.75, 3.05) is 39.4 Å². The van der Waals surface area contributed by atoms with Gasteiger partial charge in [0.1, 0.15) is 0 Å². The predicted octanol–water partition coefficient (Wildman–Crippen LogP) is 2.26. The van der Waals surface area contributed by atoms with Crippen molar-refractivity contribution in [2.24, 2.45) is 0 Å². The second-order valence-corrected chi connectivity index (χ2v) is 7.50. The molecule has 2 N–H and O–H groups in total. The highest BCUT2D eigenvalue weighted by atomic mass is 16.5. The number of nitrogens with zero attached hydrogens (tertiary/aromatic N) is 2. The number of nitrogens with one attached hydrogen (secondary N) is 2. The van der Waals surface area contributed by atoms with Gasteiger partial charge in [-0.1, -0.05) is 65.8 Å². The van der Waals surface area contributed by atoms with Gasteiger partial charge in [-0.25, -0.2) is 0 Å². The van der Waals surface area contributed by atoms with Crippen molar-refractivity contribution in [1.29, 1.82) is 0 Å². The molecule has 0 radical (unpaired) electrons. The van der Waals surface area contributed by atoms with Crippen LogP contribution in [0.1, 0.15) is 22.1 Å². The normalized spacial score (nSPS) is 15.1. The Morgan fingerprint density at radius 1 is 0.969 bits per heavy atom. The number of amides is 2. The molecule has 1 aliphatic rings. The highest BCUT2D eigenvalue weighted by Gasteiger charge is 2.23. The van der Waals surface area contributed by atoms with Gasteiger partial charge in [-0.15, -0.1) is 0 Å². The topological polar surface area (TPSA) is 96.7 Å². The summed E-state index contributed by atoms with van der Waals surface area (Å²) in [5, 5.41) is 9.34. The van der Waals surface area contributed by atoms with E-state index in [4.69, 9.17) is 9.26 Å². The molecule has 8 nitrogen and oxygen atoms in total. The molecule has 0 bridgehead atoms. The van der Waals surface area contributed by atoms with E-state index in [9.17, 15) is 9.59 Å². The van der Waals surface area contributed by atoms with Gasteiger partial charge in [0.2, 0.25) is 5.91 Å². The number of hydrogen-bond acceptors (Lipinski definition) is 6. The van der Waals surface area contributed by atoms with Crippen LogP contribution >= 0.6 is 0 Å². The van der Waals surface area contributed by atoms with Gasteiger partial charge < -0.3 is 19.9 Å². The zero-order chi connectivity index (χ0) is 22.2. The zero-order valence-electron chi connectivity index (χ0n) is 17.7. The van der Waals surface area contributed by atoms with E-state index in [-0.39, 0.29) is 24.2 Å². The van der Waals surface area contributed by atoms with E-state index in [2.05, 4.69) is 32.8 Å². The standard InChI is InChI=1S/C24H26N4O4/c29-23(17-26-24(30)20-15-22(32-27-20)19-9-5-2-6-10-19)25-16-21(18-7-3-1-4-8-18)28-11-13-31-14-12-28/h1-10,15,21H,11-14,16-17H2,(H,25,29)(H,26,30). The largest absolute Gasteiger partial charge is 0.379 e. The van der Waals surface area contributed by atoms with E-state index in [1.807, 2.05) is 48.5 Å². The van der Waals surface area contributed by atoms with Crippen LogP contribution in [-0.2, 0) is 9.53 Å². The molecule has 4 rings (SSSR count). The van der Waals surface area contributed by atoms with Gasteiger partial charge in [0.05, 0.1) is 25.8 Å². The Kier molecular flexibility index (Phi) is 7.27. The molecule has 0 aliphatic carbocycles. The second kappa shape index (κ2) is 10.7. The number of rotatable bonds is 8. The van der Waals surface area contributed by atoms with Crippen molar-refractivity contribution >= 4 is 11.8 Å². The third kappa shape index (κ3) is 5.60. The summed E-state index contributed by atoms with van der Waals surface area (Å²) in [4.78, 5) is 27.1. The lowest BCUT2D eigenvalue weighted by Crippen LogP contribution is -2.45. The molecule has 3 aromatic rings. The Morgan fingerprint density at radius 3 is 2.38 bits per heavy atom. The number of ether oxygens (including phenoxy) is 1. The lowest BCUT2D eigenvalue weighted by Gasteiger charge is -2.35. The first-order chi connectivity index (χ1) is 15.7. The maximum Gasteiger partial charge on any atom is 0.273 e. The lowest BCUT2D eigenvalue weighted by molar-refractivity contribution is -0.120. The van der Waals surface area contributed by atoms with Crippen molar-refractivity contribution in [3.05, 3.63) is 78.0 Å². The Morgan fingerprint density at radius 2 is 1.66 bits per heavy atom. The number of benzene rings is 2. The predicted molar refractivity (Wildman–Crippen MR) is 119 cm³/mol. The summed E-state index contributed by atoms with van der Waals surface area (Å²) in [6.07, 6.45) is 0. The van der Waals surface area contributed by atoms with Gasteiger partial charge in [0, 0.05) is 31.3 Å². The van der Waals surface area contributed by atoms with Crippen LogP contribution in [0, 0.1) is 0 Å². The average Bonchev–Trinajstić information content (AvgIpc) is 3.35. The molecule has 1 unspecified atom stereocenters. The van der Waals surface area contributed by atoms with E-state index in [0.717, 1.165) is 24.2 Å². The smallest absolute Gasteiger partial charge is 0.273 e. The van der Waals surface area contributed by atoms with Gasteiger partial charge in [0.15, 0.2) is 11.5 Å². The number of carbonyl (C=O) groups is 2.